The Bertz CT molecular complexity index is 1370. The second-order valence-electron chi connectivity index (χ2n) is 11.3. The minimum atomic E-state index is -0.123. The molecule has 2 heterocycles. The van der Waals surface area contributed by atoms with Gasteiger partial charge in [-0.2, -0.15) is 0 Å². The highest BCUT2D eigenvalue weighted by atomic mass is 19.1. The lowest BCUT2D eigenvalue weighted by Crippen LogP contribution is -2.38. The standard InChI is InChI=1S/C27H34N4O2.C4H7F.C4H8.2C2H6/c1-17(2)27(33)31(18(3)4)16-21-13-24-14-23(19(5)12-25(24)29-15-21)10-9-22-8-7-11-28-26(22)30-20(6)32;1-3-4(2)5;1-4(2)3;2*1-2/h7-8,11-15,17-18H,9-10,16H2,1-6H3,(H,28,30,32);3H,1-2H3;1H2,2-3H3;2*1-2H3/b;4-3+;;;. The lowest BCUT2D eigenvalue weighted by Gasteiger charge is -2.28. The van der Waals surface area contributed by atoms with Crippen molar-refractivity contribution >= 4 is 28.5 Å². The Morgan fingerprint density at radius 1 is 0.957 bits per heavy atom. The Kier molecular flexibility index (Phi) is 23.4. The summed E-state index contributed by atoms with van der Waals surface area (Å²) in [6.45, 7) is 30.7. The van der Waals surface area contributed by atoms with E-state index in [0.29, 0.717) is 12.4 Å². The zero-order valence-electron chi connectivity index (χ0n) is 31.1. The van der Waals surface area contributed by atoms with Crippen LogP contribution in [-0.2, 0) is 29.0 Å². The molecule has 0 spiro atoms. The van der Waals surface area contributed by atoms with Crippen LogP contribution in [0.3, 0.4) is 0 Å². The molecule has 7 heteroatoms. The molecular weight excluding hydrogens is 575 g/mol. The third kappa shape index (κ3) is 17.6. The molecule has 0 aliphatic rings. The van der Waals surface area contributed by atoms with Crippen LogP contribution in [0.25, 0.3) is 10.9 Å². The highest BCUT2D eigenvalue weighted by Gasteiger charge is 2.20. The second kappa shape index (κ2) is 24.4. The molecule has 3 aromatic rings. The molecule has 1 aromatic carbocycles. The van der Waals surface area contributed by atoms with Gasteiger partial charge >= 0.3 is 0 Å². The number of benzene rings is 1. The summed E-state index contributed by atoms with van der Waals surface area (Å²) in [5.41, 5.74) is 6.58. The van der Waals surface area contributed by atoms with Gasteiger partial charge in [-0.05, 0) is 108 Å². The molecule has 0 aliphatic carbocycles. The number of amides is 2. The molecule has 3 rings (SSSR count). The number of anilines is 1. The molecular formula is C39H61FN4O2. The Labute approximate surface area is 279 Å². The normalized spacial score (nSPS) is 10.2. The number of allylic oxidation sites excluding steroid dienone is 3. The van der Waals surface area contributed by atoms with Crippen LogP contribution in [0.5, 0.6) is 0 Å². The fraction of sp³-hybridized carbons (Fsp3) is 0.487. The molecule has 256 valence electrons. The van der Waals surface area contributed by atoms with E-state index in [1.54, 1.807) is 13.1 Å². The monoisotopic (exact) mass is 636 g/mol. The van der Waals surface area contributed by atoms with Gasteiger partial charge in [0, 0.05) is 43.2 Å². The summed E-state index contributed by atoms with van der Waals surface area (Å²) in [6, 6.07) is 10.5. The number of nitrogens with one attached hydrogen (secondary N) is 1. The van der Waals surface area contributed by atoms with Crippen molar-refractivity contribution in [2.24, 2.45) is 5.92 Å². The number of hydrogen-bond acceptors (Lipinski definition) is 4. The molecule has 0 aliphatic heterocycles. The molecule has 0 fully saturated rings. The van der Waals surface area contributed by atoms with Crippen LogP contribution in [-0.4, -0.2) is 32.7 Å². The Balaban J connectivity index is 0. The van der Waals surface area contributed by atoms with Crippen LogP contribution >= 0.6 is 0 Å². The van der Waals surface area contributed by atoms with Gasteiger partial charge in [0.05, 0.1) is 11.3 Å². The van der Waals surface area contributed by atoms with Gasteiger partial charge in [-0.3, -0.25) is 14.6 Å². The van der Waals surface area contributed by atoms with E-state index >= 15 is 0 Å². The molecule has 0 radical (unpaired) electrons. The van der Waals surface area contributed by atoms with E-state index in [4.69, 9.17) is 0 Å². The van der Waals surface area contributed by atoms with Gasteiger partial charge in [-0.25, -0.2) is 9.37 Å². The number of fused-ring (bicyclic) bond motifs is 1. The number of pyridine rings is 2. The van der Waals surface area contributed by atoms with Gasteiger partial charge in [0.2, 0.25) is 11.8 Å². The van der Waals surface area contributed by atoms with Crippen molar-refractivity contribution in [2.45, 2.75) is 122 Å². The minimum absolute atomic E-state index is 0.0371. The van der Waals surface area contributed by atoms with Gasteiger partial charge < -0.3 is 10.2 Å². The molecule has 0 atom stereocenters. The van der Waals surface area contributed by atoms with Crippen molar-refractivity contribution in [1.29, 1.82) is 0 Å². The number of carbonyl (C=O) groups excluding carboxylic acids is 2. The Hall–Kier alpha value is -3.87. The van der Waals surface area contributed by atoms with Crippen LogP contribution in [0, 0.1) is 12.8 Å². The summed E-state index contributed by atoms with van der Waals surface area (Å²) < 4.78 is 11.3. The van der Waals surface area contributed by atoms with E-state index in [-0.39, 0.29) is 29.6 Å². The second-order valence-corrected chi connectivity index (χ2v) is 11.3. The van der Waals surface area contributed by atoms with E-state index in [9.17, 15) is 14.0 Å². The first-order valence-corrected chi connectivity index (χ1v) is 16.5. The SMILES string of the molecule is C/C=C(\C)F.C=C(C)C.CC.CC.CC(=O)Nc1ncccc1CCc1cc2cc(CN(C(=O)C(C)C)C(C)C)cnc2cc1C. The van der Waals surface area contributed by atoms with Gasteiger partial charge in [-0.15, -0.1) is 6.58 Å². The summed E-state index contributed by atoms with van der Waals surface area (Å²) in [6.07, 6.45) is 6.58. The third-order valence-corrected chi connectivity index (χ3v) is 6.20. The molecule has 0 saturated heterocycles. The maximum Gasteiger partial charge on any atom is 0.225 e. The summed E-state index contributed by atoms with van der Waals surface area (Å²) in [7, 11) is 0. The number of hydrogen-bond donors (Lipinski definition) is 1. The van der Waals surface area contributed by atoms with E-state index < -0.39 is 0 Å². The van der Waals surface area contributed by atoms with Crippen molar-refractivity contribution in [3.63, 3.8) is 0 Å². The molecule has 1 N–H and O–H groups in total. The molecule has 6 nitrogen and oxygen atoms in total. The van der Waals surface area contributed by atoms with Crippen molar-refractivity contribution < 1.29 is 14.0 Å². The Morgan fingerprint density at radius 3 is 1.98 bits per heavy atom. The molecule has 0 saturated carbocycles. The van der Waals surface area contributed by atoms with Gasteiger partial charge in [-0.1, -0.05) is 59.3 Å². The lowest BCUT2D eigenvalue weighted by molar-refractivity contribution is -0.136. The number of rotatable bonds is 8. The van der Waals surface area contributed by atoms with Crippen LogP contribution in [0.15, 0.2) is 66.8 Å². The molecule has 0 unspecified atom stereocenters. The highest BCUT2D eigenvalue weighted by Crippen LogP contribution is 2.23. The van der Waals surface area contributed by atoms with E-state index in [0.717, 1.165) is 34.9 Å². The predicted molar refractivity (Wildman–Crippen MR) is 197 cm³/mol. The fourth-order valence-electron chi connectivity index (χ4n) is 3.96. The summed E-state index contributed by atoms with van der Waals surface area (Å²) in [5.74, 6) is 0.494. The van der Waals surface area contributed by atoms with Crippen LogP contribution in [0.2, 0.25) is 0 Å². The third-order valence-electron chi connectivity index (χ3n) is 6.20. The van der Waals surface area contributed by atoms with Gasteiger partial charge in [0.25, 0.3) is 0 Å². The zero-order chi connectivity index (χ0) is 36.0. The smallest absolute Gasteiger partial charge is 0.225 e. The molecule has 2 aromatic heterocycles. The summed E-state index contributed by atoms with van der Waals surface area (Å²) >= 11 is 0. The fourth-order valence-corrected chi connectivity index (χ4v) is 3.96. The number of aryl methyl sites for hydroxylation is 3. The quantitative estimate of drug-likeness (QED) is 0.250. The molecule has 0 bridgehead atoms. The van der Waals surface area contributed by atoms with Gasteiger partial charge in [0.1, 0.15) is 5.82 Å². The first-order chi connectivity index (χ1) is 21.7. The van der Waals surface area contributed by atoms with E-state index in [1.807, 2.05) is 92.5 Å². The van der Waals surface area contributed by atoms with Crippen molar-refractivity contribution in [1.82, 2.24) is 14.9 Å². The zero-order valence-corrected chi connectivity index (χ0v) is 31.1. The average Bonchev–Trinajstić information content (AvgIpc) is 3.00. The van der Waals surface area contributed by atoms with Gasteiger partial charge in [0.15, 0.2) is 0 Å². The van der Waals surface area contributed by atoms with Crippen molar-refractivity contribution in [2.75, 3.05) is 5.32 Å². The van der Waals surface area contributed by atoms with E-state index in [2.05, 4.69) is 47.0 Å². The number of nitrogens with zero attached hydrogens (tertiary/aromatic N) is 3. The largest absolute Gasteiger partial charge is 0.336 e. The first kappa shape index (κ1) is 44.3. The van der Waals surface area contributed by atoms with Crippen LogP contribution < -0.4 is 5.32 Å². The average molecular weight is 637 g/mol. The Morgan fingerprint density at radius 2 is 1.50 bits per heavy atom. The maximum absolute atomic E-state index is 12.6. The number of carbonyl (C=O) groups is 2. The molecule has 2 amide bonds. The number of aromatic nitrogens is 2. The van der Waals surface area contributed by atoms with Crippen molar-refractivity contribution in [3.8, 4) is 0 Å². The molecule has 46 heavy (non-hydrogen) atoms. The van der Waals surface area contributed by atoms with Crippen LogP contribution in [0.4, 0.5) is 10.2 Å². The lowest BCUT2D eigenvalue weighted by atomic mass is 9.98. The maximum atomic E-state index is 12.6. The predicted octanol–water partition coefficient (Wildman–Crippen LogP) is 10.6. The number of halogens is 1. The first-order valence-electron chi connectivity index (χ1n) is 16.5. The van der Waals surface area contributed by atoms with E-state index in [1.165, 1.54) is 36.6 Å². The van der Waals surface area contributed by atoms with Crippen molar-refractivity contribution in [3.05, 3.63) is 89.0 Å². The highest BCUT2D eigenvalue weighted by molar-refractivity contribution is 5.88. The van der Waals surface area contributed by atoms with Crippen LogP contribution in [0.1, 0.15) is 112 Å². The summed E-state index contributed by atoms with van der Waals surface area (Å²) in [4.78, 5) is 35.0. The topological polar surface area (TPSA) is 75.2 Å². The minimum Gasteiger partial charge on any atom is -0.336 e. The summed E-state index contributed by atoms with van der Waals surface area (Å²) in [5, 5.41) is 3.88.